The van der Waals surface area contributed by atoms with E-state index in [9.17, 15) is 23.6 Å². The molecule has 0 fully saturated rings. The Kier molecular flexibility index (Phi) is 8.11. The normalized spacial score (nSPS) is 19.7. The highest BCUT2D eigenvalue weighted by atomic mass is 32.2. The maximum absolute atomic E-state index is 13.7. The van der Waals surface area contributed by atoms with Crippen molar-refractivity contribution in [3.8, 4) is 22.9 Å². The number of pyridine rings is 1. The van der Waals surface area contributed by atoms with E-state index < -0.39 is 22.2 Å². The van der Waals surface area contributed by atoms with Gasteiger partial charge in [-0.25, -0.2) is 8.42 Å². The number of aliphatic hydroxyl groups is 1. The van der Waals surface area contributed by atoms with E-state index in [1.165, 1.54) is 10.4 Å². The molecule has 4 rings (SSSR count). The SMILES string of the molecule is C[C@H]1CN([C@@H](C)CO)S(=O)(=O)c2ccc(-c3cccc(C#N)c3)cc2O[C@@H]1CN(C)C(=O)c1ccncc1. The highest BCUT2D eigenvalue weighted by Crippen LogP contribution is 2.36. The number of fused-ring (bicyclic) bond motifs is 1. The summed E-state index contributed by atoms with van der Waals surface area (Å²) < 4.78 is 35.1. The van der Waals surface area contributed by atoms with E-state index in [1.54, 1.807) is 73.7 Å². The van der Waals surface area contributed by atoms with Crippen LogP contribution < -0.4 is 4.74 Å². The highest BCUT2D eigenvalue weighted by Gasteiger charge is 2.38. The Bertz CT molecular complexity index is 1460. The van der Waals surface area contributed by atoms with E-state index >= 15 is 0 Å². The van der Waals surface area contributed by atoms with Crippen LogP contribution in [0.15, 0.2) is 71.9 Å². The molecule has 0 saturated carbocycles. The van der Waals surface area contributed by atoms with Gasteiger partial charge >= 0.3 is 0 Å². The second-order valence-corrected chi connectivity index (χ2v) is 11.4. The number of hydrogen-bond donors (Lipinski definition) is 1. The van der Waals surface area contributed by atoms with Gasteiger partial charge in [-0.15, -0.1) is 0 Å². The molecule has 2 aromatic carbocycles. The lowest BCUT2D eigenvalue weighted by molar-refractivity contribution is 0.0564. The Hall–Kier alpha value is -3.78. The third-order valence-electron chi connectivity index (χ3n) is 6.72. The number of hydrogen-bond acceptors (Lipinski definition) is 7. The van der Waals surface area contributed by atoms with Crippen LogP contribution in [0.1, 0.15) is 29.8 Å². The molecule has 1 aromatic heterocycles. The van der Waals surface area contributed by atoms with E-state index in [0.717, 1.165) is 5.56 Å². The third kappa shape index (κ3) is 5.55. The van der Waals surface area contributed by atoms with Gasteiger partial charge in [0.1, 0.15) is 16.7 Å². The van der Waals surface area contributed by atoms with E-state index in [4.69, 9.17) is 4.74 Å². The summed E-state index contributed by atoms with van der Waals surface area (Å²) in [5.74, 6) is -0.368. The van der Waals surface area contributed by atoms with Gasteiger partial charge in [-0.2, -0.15) is 9.57 Å². The fraction of sp³-hybridized carbons (Fsp3) is 0.321. The molecular weight excluding hydrogens is 504 g/mol. The van der Waals surface area contributed by atoms with Crippen molar-refractivity contribution in [1.29, 1.82) is 5.26 Å². The van der Waals surface area contributed by atoms with Crippen molar-refractivity contribution < 1.29 is 23.1 Å². The first kappa shape index (κ1) is 27.3. The second kappa shape index (κ2) is 11.3. The van der Waals surface area contributed by atoms with Crippen molar-refractivity contribution in [3.63, 3.8) is 0 Å². The fourth-order valence-electron chi connectivity index (χ4n) is 4.46. The average molecular weight is 535 g/mol. The van der Waals surface area contributed by atoms with Crippen molar-refractivity contribution >= 4 is 15.9 Å². The van der Waals surface area contributed by atoms with Crippen LogP contribution in [-0.2, 0) is 10.0 Å². The first-order chi connectivity index (χ1) is 18.1. The molecule has 0 spiro atoms. The third-order valence-corrected chi connectivity index (χ3v) is 8.74. The van der Waals surface area contributed by atoms with Gasteiger partial charge in [0, 0.05) is 43.5 Å². The average Bonchev–Trinajstić information content (AvgIpc) is 2.94. The minimum atomic E-state index is -4.00. The number of sulfonamides is 1. The molecule has 0 saturated heterocycles. The number of rotatable bonds is 6. The van der Waals surface area contributed by atoms with Gasteiger partial charge in [0.25, 0.3) is 5.91 Å². The summed E-state index contributed by atoms with van der Waals surface area (Å²) in [5.41, 5.74) is 2.39. The molecule has 2 heterocycles. The van der Waals surface area contributed by atoms with Gasteiger partial charge in [-0.05, 0) is 54.4 Å². The van der Waals surface area contributed by atoms with Gasteiger partial charge in [0.15, 0.2) is 0 Å². The lowest BCUT2D eigenvalue weighted by Gasteiger charge is -2.37. The number of benzene rings is 2. The molecule has 38 heavy (non-hydrogen) atoms. The summed E-state index contributed by atoms with van der Waals surface area (Å²) in [6.07, 6.45) is 2.55. The van der Waals surface area contributed by atoms with Crippen molar-refractivity contribution in [3.05, 3.63) is 78.1 Å². The van der Waals surface area contributed by atoms with Crippen molar-refractivity contribution in [1.82, 2.24) is 14.2 Å². The minimum Gasteiger partial charge on any atom is -0.487 e. The molecule has 0 bridgehead atoms. The molecule has 1 N–H and O–H groups in total. The van der Waals surface area contributed by atoms with Crippen LogP contribution in [-0.4, -0.2) is 72.5 Å². The van der Waals surface area contributed by atoms with E-state index in [2.05, 4.69) is 11.1 Å². The molecule has 1 aliphatic rings. The van der Waals surface area contributed by atoms with Gasteiger partial charge in [0.2, 0.25) is 10.0 Å². The Morgan fingerprint density at radius 3 is 2.61 bits per heavy atom. The highest BCUT2D eigenvalue weighted by molar-refractivity contribution is 7.89. The number of nitrogens with zero attached hydrogens (tertiary/aromatic N) is 4. The molecule has 1 amide bonds. The van der Waals surface area contributed by atoms with E-state index in [-0.39, 0.29) is 42.2 Å². The molecular formula is C28H30N4O5S. The molecule has 9 nitrogen and oxygen atoms in total. The Morgan fingerprint density at radius 2 is 1.92 bits per heavy atom. The summed E-state index contributed by atoms with van der Waals surface area (Å²) in [6.45, 7) is 3.50. The molecule has 0 radical (unpaired) electrons. The summed E-state index contributed by atoms with van der Waals surface area (Å²) in [6, 6.07) is 16.6. The standard InChI is InChI=1S/C28H30N4O5S/c1-19-16-32(20(2)18-33)38(35,36)27-8-7-24(23-6-4-5-21(13-23)15-29)14-25(27)37-26(19)17-31(3)28(34)22-9-11-30-12-10-22/h4-14,19-20,26,33H,16-18H2,1-3H3/t19-,20-,26+/m0/s1. The molecule has 10 heteroatoms. The topological polar surface area (TPSA) is 124 Å². The lowest BCUT2D eigenvalue weighted by atomic mass is 10.0. The van der Waals surface area contributed by atoms with Crippen molar-refractivity contribution in [2.45, 2.75) is 30.9 Å². The smallest absolute Gasteiger partial charge is 0.253 e. The van der Waals surface area contributed by atoms with Crippen molar-refractivity contribution in [2.75, 3.05) is 26.7 Å². The Morgan fingerprint density at radius 1 is 1.21 bits per heavy atom. The maximum Gasteiger partial charge on any atom is 0.253 e. The molecule has 3 atom stereocenters. The first-order valence-corrected chi connectivity index (χ1v) is 13.7. The summed E-state index contributed by atoms with van der Waals surface area (Å²) in [5, 5.41) is 19.1. The predicted octanol–water partition coefficient (Wildman–Crippen LogP) is 3.16. The van der Waals surface area contributed by atoms with Crippen LogP contribution in [0, 0.1) is 17.2 Å². The number of aromatic nitrogens is 1. The molecule has 198 valence electrons. The monoisotopic (exact) mass is 534 g/mol. The van der Waals surface area contributed by atoms with Crippen LogP contribution in [0.4, 0.5) is 0 Å². The van der Waals surface area contributed by atoms with Gasteiger partial charge < -0.3 is 14.7 Å². The Balaban J connectivity index is 1.76. The van der Waals surface area contributed by atoms with Gasteiger partial charge in [-0.3, -0.25) is 9.78 Å². The predicted molar refractivity (Wildman–Crippen MR) is 142 cm³/mol. The number of carbonyl (C=O) groups excluding carboxylic acids is 1. The zero-order valence-corrected chi connectivity index (χ0v) is 22.3. The largest absolute Gasteiger partial charge is 0.487 e. The fourth-order valence-corrected chi connectivity index (χ4v) is 6.28. The molecule has 0 unspecified atom stereocenters. The number of carbonyl (C=O) groups is 1. The molecule has 1 aliphatic heterocycles. The van der Waals surface area contributed by atoms with Crippen LogP contribution in [0.25, 0.3) is 11.1 Å². The number of likely N-dealkylation sites (N-methyl/N-ethyl adjacent to an activating group) is 1. The number of nitriles is 1. The van der Waals surface area contributed by atoms with Crippen molar-refractivity contribution in [2.24, 2.45) is 5.92 Å². The molecule has 3 aromatic rings. The zero-order valence-electron chi connectivity index (χ0n) is 21.5. The van der Waals surface area contributed by atoms with Crippen LogP contribution in [0.5, 0.6) is 5.75 Å². The summed E-state index contributed by atoms with van der Waals surface area (Å²) >= 11 is 0. The number of ether oxygens (including phenoxy) is 1. The Labute approximate surface area is 223 Å². The van der Waals surface area contributed by atoms with Gasteiger partial charge in [0.05, 0.1) is 24.8 Å². The van der Waals surface area contributed by atoms with Crippen LogP contribution in [0.2, 0.25) is 0 Å². The van der Waals surface area contributed by atoms with Crippen LogP contribution >= 0.6 is 0 Å². The maximum atomic E-state index is 13.7. The number of amides is 1. The van der Waals surface area contributed by atoms with E-state index in [0.29, 0.717) is 16.7 Å². The van der Waals surface area contributed by atoms with E-state index in [1.807, 2.05) is 13.0 Å². The zero-order chi connectivity index (χ0) is 27.4. The quantitative estimate of drug-likeness (QED) is 0.515. The lowest BCUT2D eigenvalue weighted by Crippen LogP contribution is -2.50. The van der Waals surface area contributed by atoms with Gasteiger partial charge in [-0.1, -0.05) is 25.1 Å². The van der Waals surface area contributed by atoms with Crippen LogP contribution in [0.3, 0.4) is 0 Å². The second-order valence-electron chi connectivity index (χ2n) is 9.52. The summed E-state index contributed by atoms with van der Waals surface area (Å²) in [4.78, 5) is 18.5. The first-order valence-electron chi connectivity index (χ1n) is 12.2. The number of aliphatic hydroxyl groups excluding tert-OH is 1. The molecule has 0 aliphatic carbocycles. The minimum absolute atomic E-state index is 0.0157. The summed E-state index contributed by atoms with van der Waals surface area (Å²) in [7, 11) is -2.33.